The molecular weight excluding hydrogens is 232 g/mol. The molecule has 0 saturated heterocycles. The molecule has 0 aliphatic rings. The van der Waals surface area contributed by atoms with Crippen LogP contribution in [-0.2, 0) is 0 Å². The average Bonchev–Trinajstić information content (AvgIpc) is 2.50. The van der Waals surface area contributed by atoms with Crippen molar-refractivity contribution >= 4 is 11.4 Å². The monoisotopic (exact) mass is 246 g/mol. The first-order chi connectivity index (χ1) is 9.43. The Morgan fingerprint density at radius 3 is 2.16 bits per heavy atom. The number of para-hydroxylation sites is 1. The van der Waals surface area contributed by atoms with Crippen LogP contribution >= 0.6 is 0 Å². The maximum absolute atomic E-state index is 4.03. The highest BCUT2D eigenvalue weighted by Gasteiger charge is 2.03. The zero-order valence-electron chi connectivity index (χ0n) is 10.5. The minimum absolute atomic E-state index is 1.04. The summed E-state index contributed by atoms with van der Waals surface area (Å²) in [6, 6.07) is 22.6. The van der Waals surface area contributed by atoms with Gasteiger partial charge < -0.3 is 5.32 Å². The second kappa shape index (κ2) is 5.36. The molecule has 2 heteroatoms. The van der Waals surface area contributed by atoms with Gasteiger partial charge in [0.15, 0.2) is 0 Å². The van der Waals surface area contributed by atoms with Crippen LogP contribution in [0.3, 0.4) is 0 Å². The molecule has 0 spiro atoms. The van der Waals surface area contributed by atoms with E-state index in [1.54, 1.807) is 12.4 Å². The fourth-order valence-corrected chi connectivity index (χ4v) is 2.05. The Bertz CT molecular complexity index is 648. The third kappa shape index (κ3) is 2.63. The van der Waals surface area contributed by atoms with E-state index >= 15 is 0 Å². The summed E-state index contributed by atoms with van der Waals surface area (Å²) in [7, 11) is 0. The van der Waals surface area contributed by atoms with Crippen LogP contribution in [0.15, 0.2) is 79.1 Å². The minimum Gasteiger partial charge on any atom is -0.355 e. The SMILES string of the molecule is c1ccc(-c2ccccc2Nc2ccncc2)cc1. The Labute approximate surface area is 112 Å². The third-order valence-electron chi connectivity index (χ3n) is 2.97. The van der Waals surface area contributed by atoms with E-state index in [0.717, 1.165) is 11.4 Å². The van der Waals surface area contributed by atoms with Crippen molar-refractivity contribution in [3.05, 3.63) is 79.1 Å². The van der Waals surface area contributed by atoms with Crippen molar-refractivity contribution in [3.8, 4) is 11.1 Å². The standard InChI is InChI=1S/C17H14N2/c1-2-6-14(7-3-1)16-8-4-5-9-17(16)19-15-10-12-18-13-11-15/h1-13H,(H,18,19). The van der Waals surface area contributed by atoms with Crippen LogP contribution in [0.5, 0.6) is 0 Å². The Kier molecular flexibility index (Phi) is 3.24. The van der Waals surface area contributed by atoms with Crippen molar-refractivity contribution in [1.82, 2.24) is 4.98 Å². The van der Waals surface area contributed by atoms with Gasteiger partial charge in [0.1, 0.15) is 0 Å². The summed E-state index contributed by atoms with van der Waals surface area (Å²) < 4.78 is 0. The predicted molar refractivity (Wildman–Crippen MR) is 79.4 cm³/mol. The number of nitrogens with zero attached hydrogens (tertiary/aromatic N) is 1. The fourth-order valence-electron chi connectivity index (χ4n) is 2.05. The predicted octanol–water partition coefficient (Wildman–Crippen LogP) is 4.49. The van der Waals surface area contributed by atoms with Crippen molar-refractivity contribution in [3.63, 3.8) is 0 Å². The third-order valence-corrected chi connectivity index (χ3v) is 2.97. The molecule has 1 N–H and O–H groups in total. The summed E-state index contributed by atoms with van der Waals surface area (Å²) in [6.07, 6.45) is 3.57. The van der Waals surface area contributed by atoms with E-state index in [2.05, 4.69) is 52.8 Å². The van der Waals surface area contributed by atoms with E-state index in [1.165, 1.54) is 11.1 Å². The summed E-state index contributed by atoms with van der Waals surface area (Å²) in [5, 5.41) is 3.43. The van der Waals surface area contributed by atoms with E-state index in [4.69, 9.17) is 0 Å². The molecule has 0 fully saturated rings. The van der Waals surface area contributed by atoms with E-state index in [-0.39, 0.29) is 0 Å². The molecule has 3 aromatic rings. The van der Waals surface area contributed by atoms with Gasteiger partial charge in [0.2, 0.25) is 0 Å². The van der Waals surface area contributed by atoms with Crippen LogP contribution in [0, 0.1) is 0 Å². The van der Waals surface area contributed by atoms with Crippen molar-refractivity contribution in [2.75, 3.05) is 5.32 Å². The number of benzene rings is 2. The van der Waals surface area contributed by atoms with Gasteiger partial charge in [-0.2, -0.15) is 0 Å². The molecular formula is C17H14N2. The first-order valence-corrected chi connectivity index (χ1v) is 6.25. The Morgan fingerprint density at radius 2 is 1.37 bits per heavy atom. The van der Waals surface area contributed by atoms with E-state index < -0.39 is 0 Å². The zero-order valence-corrected chi connectivity index (χ0v) is 10.5. The van der Waals surface area contributed by atoms with Gasteiger partial charge in [-0.15, -0.1) is 0 Å². The van der Waals surface area contributed by atoms with Crippen LogP contribution in [-0.4, -0.2) is 4.98 Å². The molecule has 1 aromatic heterocycles. The number of aromatic nitrogens is 1. The average molecular weight is 246 g/mol. The summed E-state index contributed by atoms with van der Waals surface area (Å²) in [6.45, 7) is 0. The van der Waals surface area contributed by atoms with Crippen molar-refractivity contribution in [2.24, 2.45) is 0 Å². The normalized spacial score (nSPS) is 10.1. The summed E-state index contributed by atoms with van der Waals surface area (Å²) in [5.41, 5.74) is 4.54. The van der Waals surface area contributed by atoms with Gasteiger partial charge in [0.05, 0.1) is 0 Å². The number of anilines is 2. The highest BCUT2D eigenvalue weighted by Crippen LogP contribution is 2.29. The second-order valence-corrected chi connectivity index (χ2v) is 4.27. The first kappa shape index (κ1) is 11.5. The molecule has 0 radical (unpaired) electrons. The highest BCUT2D eigenvalue weighted by atomic mass is 14.9. The molecule has 0 aliphatic carbocycles. The van der Waals surface area contributed by atoms with E-state index in [0.29, 0.717) is 0 Å². The van der Waals surface area contributed by atoms with Crippen LogP contribution in [0.4, 0.5) is 11.4 Å². The van der Waals surface area contributed by atoms with Gasteiger partial charge in [-0.05, 0) is 23.8 Å². The maximum atomic E-state index is 4.03. The smallest absolute Gasteiger partial charge is 0.0463 e. The maximum Gasteiger partial charge on any atom is 0.0463 e. The number of pyridine rings is 1. The van der Waals surface area contributed by atoms with Gasteiger partial charge in [-0.25, -0.2) is 0 Å². The quantitative estimate of drug-likeness (QED) is 0.736. The summed E-state index contributed by atoms with van der Waals surface area (Å²) in [5.74, 6) is 0. The lowest BCUT2D eigenvalue weighted by molar-refractivity contribution is 1.32. The summed E-state index contributed by atoms with van der Waals surface area (Å²) in [4.78, 5) is 4.03. The first-order valence-electron chi connectivity index (χ1n) is 6.25. The van der Waals surface area contributed by atoms with Gasteiger partial charge >= 0.3 is 0 Å². The van der Waals surface area contributed by atoms with Gasteiger partial charge in [0.25, 0.3) is 0 Å². The number of hydrogen-bond acceptors (Lipinski definition) is 2. The van der Waals surface area contributed by atoms with Crippen LogP contribution in [0.25, 0.3) is 11.1 Å². The topological polar surface area (TPSA) is 24.9 Å². The second-order valence-electron chi connectivity index (χ2n) is 4.27. The van der Waals surface area contributed by atoms with Crippen LogP contribution in [0.2, 0.25) is 0 Å². The molecule has 0 atom stereocenters. The molecule has 0 aliphatic heterocycles. The van der Waals surface area contributed by atoms with Crippen molar-refractivity contribution in [2.45, 2.75) is 0 Å². The van der Waals surface area contributed by atoms with Gasteiger partial charge in [-0.3, -0.25) is 4.98 Å². The number of rotatable bonds is 3. The lowest BCUT2D eigenvalue weighted by atomic mass is 10.0. The van der Waals surface area contributed by atoms with Crippen molar-refractivity contribution < 1.29 is 0 Å². The van der Waals surface area contributed by atoms with Crippen LogP contribution in [0.1, 0.15) is 0 Å². The van der Waals surface area contributed by atoms with Gasteiger partial charge in [-0.1, -0.05) is 48.5 Å². The Hall–Kier alpha value is -2.61. The largest absolute Gasteiger partial charge is 0.355 e. The lowest BCUT2D eigenvalue weighted by Gasteiger charge is -2.12. The van der Waals surface area contributed by atoms with E-state index in [1.807, 2.05) is 24.3 Å². The number of hydrogen-bond donors (Lipinski definition) is 1. The molecule has 3 rings (SSSR count). The molecule has 2 aromatic carbocycles. The molecule has 0 unspecified atom stereocenters. The Balaban J connectivity index is 1.99. The molecule has 0 saturated carbocycles. The molecule has 19 heavy (non-hydrogen) atoms. The molecule has 0 bridgehead atoms. The van der Waals surface area contributed by atoms with E-state index in [9.17, 15) is 0 Å². The molecule has 1 heterocycles. The highest BCUT2D eigenvalue weighted by molar-refractivity contribution is 5.80. The summed E-state index contributed by atoms with van der Waals surface area (Å²) >= 11 is 0. The minimum atomic E-state index is 1.04. The molecule has 2 nitrogen and oxygen atoms in total. The fraction of sp³-hybridized carbons (Fsp3) is 0. The molecule has 92 valence electrons. The van der Waals surface area contributed by atoms with Gasteiger partial charge in [0, 0.05) is 29.3 Å². The van der Waals surface area contributed by atoms with Crippen LogP contribution < -0.4 is 5.32 Å². The Morgan fingerprint density at radius 1 is 0.684 bits per heavy atom. The lowest BCUT2D eigenvalue weighted by Crippen LogP contribution is -1.93. The number of nitrogens with one attached hydrogen (secondary N) is 1. The molecule has 0 amide bonds. The van der Waals surface area contributed by atoms with Crippen molar-refractivity contribution in [1.29, 1.82) is 0 Å². The zero-order chi connectivity index (χ0) is 12.9.